The third-order valence-electron chi connectivity index (χ3n) is 5.38. The van der Waals surface area contributed by atoms with E-state index in [4.69, 9.17) is 4.74 Å². The highest BCUT2D eigenvalue weighted by molar-refractivity contribution is 5.99. The molecule has 1 aliphatic rings. The highest BCUT2D eigenvalue weighted by Gasteiger charge is 2.22. The number of amides is 2. The van der Waals surface area contributed by atoms with Crippen molar-refractivity contribution in [2.75, 3.05) is 11.9 Å². The minimum absolute atomic E-state index is 0.131. The van der Waals surface area contributed by atoms with Crippen molar-refractivity contribution < 1.29 is 19.1 Å². The summed E-state index contributed by atoms with van der Waals surface area (Å²) in [6.45, 7) is 2.75. The van der Waals surface area contributed by atoms with Crippen molar-refractivity contribution >= 4 is 34.2 Å². The second-order valence-electron chi connectivity index (χ2n) is 7.72. The SMILES string of the molecule is CC(OC(=O)c1cccc(CN2CCCC2=O)c1)C(=O)Nc1ccc2ccccc2c1. The van der Waals surface area contributed by atoms with Gasteiger partial charge in [-0.25, -0.2) is 4.79 Å². The maximum atomic E-state index is 12.6. The fourth-order valence-corrected chi connectivity index (χ4v) is 3.68. The molecule has 0 aromatic heterocycles. The first kappa shape index (κ1) is 20.6. The van der Waals surface area contributed by atoms with Gasteiger partial charge in [0, 0.05) is 25.2 Å². The monoisotopic (exact) mass is 416 g/mol. The molecule has 1 saturated heterocycles. The molecule has 1 fully saturated rings. The van der Waals surface area contributed by atoms with Gasteiger partial charge in [-0.15, -0.1) is 0 Å². The number of hydrogen-bond acceptors (Lipinski definition) is 4. The molecule has 2 amide bonds. The molecular formula is C25H24N2O4. The summed E-state index contributed by atoms with van der Waals surface area (Å²) in [6, 6.07) is 20.5. The van der Waals surface area contributed by atoms with E-state index in [9.17, 15) is 14.4 Å². The van der Waals surface area contributed by atoms with E-state index in [-0.39, 0.29) is 5.91 Å². The summed E-state index contributed by atoms with van der Waals surface area (Å²) in [7, 11) is 0. The molecule has 1 aliphatic heterocycles. The van der Waals surface area contributed by atoms with Crippen LogP contribution in [0, 0.1) is 0 Å². The van der Waals surface area contributed by atoms with E-state index in [0.717, 1.165) is 29.3 Å². The Balaban J connectivity index is 1.37. The molecule has 0 saturated carbocycles. The number of rotatable bonds is 6. The second kappa shape index (κ2) is 9.00. The Morgan fingerprint density at radius 2 is 1.84 bits per heavy atom. The Bertz CT molecular complexity index is 1140. The van der Waals surface area contributed by atoms with Crippen LogP contribution in [0.15, 0.2) is 66.7 Å². The quantitative estimate of drug-likeness (QED) is 0.613. The lowest BCUT2D eigenvalue weighted by Crippen LogP contribution is -2.30. The number of carbonyl (C=O) groups excluding carboxylic acids is 3. The zero-order valence-corrected chi connectivity index (χ0v) is 17.3. The van der Waals surface area contributed by atoms with Gasteiger partial charge in [-0.3, -0.25) is 9.59 Å². The maximum Gasteiger partial charge on any atom is 0.338 e. The molecule has 3 aromatic carbocycles. The molecule has 4 rings (SSSR count). The number of nitrogens with zero attached hydrogens (tertiary/aromatic N) is 1. The molecule has 6 heteroatoms. The molecule has 1 heterocycles. The van der Waals surface area contributed by atoms with Crippen LogP contribution in [0.3, 0.4) is 0 Å². The highest BCUT2D eigenvalue weighted by Crippen LogP contribution is 2.20. The summed E-state index contributed by atoms with van der Waals surface area (Å²) in [5.41, 5.74) is 1.86. The molecule has 6 nitrogen and oxygen atoms in total. The Morgan fingerprint density at radius 3 is 2.61 bits per heavy atom. The Hall–Kier alpha value is -3.67. The number of hydrogen-bond donors (Lipinski definition) is 1. The molecule has 1 atom stereocenters. The summed E-state index contributed by atoms with van der Waals surface area (Å²) in [5.74, 6) is -0.842. The number of esters is 1. The first-order valence-electron chi connectivity index (χ1n) is 10.4. The lowest BCUT2D eigenvalue weighted by atomic mass is 10.1. The van der Waals surface area contributed by atoms with Gasteiger partial charge in [-0.2, -0.15) is 0 Å². The first-order chi connectivity index (χ1) is 15.0. The van der Waals surface area contributed by atoms with Crippen LogP contribution in [0.5, 0.6) is 0 Å². The summed E-state index contributed by atoms with van der Waals surface area (Å²) >= 11 is 0. The van der Waals surface area contributed by atoms with Gasteiger partial charge in [0.05, 0.1) is 5.56 Å². The van der Waals surface area contributed by atoms with Crippen molar-refractivity contribution in [3.05, 3.63) is 77.9 Å². The predicted octanol–water partition coefficient (Wildman–Crippen LogP) is 4.15. The van der Waals surface area contributed by atoms with Gasteiger partial charge >= 0.3 is 5.97 Å². The third kappa shape index (κ3) is 4.91. The van der Waals surface area contributed by atoms with Gasteiger partial charge in [-0.05, 0) is 53.9 Å². The summed E-state index contributed by atoms with van der Waals surface area (Å²) in [4.78, 5) is 38.7. The molecule has 158 valence electrons. The van der Waals surface area contributed by atoms with E-state index in [2.05, 4.69) is 5.32 Å². The van der Waals surface area contributed by atoms with E-state index >= 15 is 0 Å². The van der Waals surface area contributed by atoms with Crippen LogP contribution in [0.2, 0.25) is 0 Å². The van der Waals surface area contributed by atoms with E-state index in [1.165, 1.54) is 0 Å². The standard InChI is InChI=1S/C25H24N2O4/c1-17(24(29)26-22-12-11-19-7-2-3-8-20(19)15-22)31-25(30)21-9-4-6-18(14-21)16-27-13-5-10-23(27)28/h2-4,6-9,11-12,14-15,17H,5,10,13,16H2,1H3,(H,26,29). The van der Waals surface area contributed by atoms with Gasteiger partial charge in [-0.1, -0.05) is 42.5 Å². The van der Waals surface area contributed by atoms with Gasteiger partial charge in [0.1, 0.15) is 0 Å². The maximum absolute atomic E-state index is 12.6. The minimum atomic E-state index is -0.956. The van der Waals surface area contributed by atoms with Crippen LogP contribution in [0.1, 0.15) is 35.7 Å². The molecule has 0 radical (unpaired) electrons. The van der Waals surface area contributed by atoms with E-state index in [1.807, 2.05) is 48.5 Å². The lowest BCUT2D eigenvalue weighted by molar-refractivity contribution is -0.128. The fourth-order valence-electron chi connectivity index (χ4n) is 3.68. The summed E-state index contributed by atoms with van der Waals surface area (Å²) in [5, 5.41) is 4.89. The topological polar surface area (TPSA) is 75.7 Å². The average molecular weight is 416 g/mol. The minimum Gasteiger partial charge on any atom is -0.449 e. The van der Waals surface area contributed by atoms with Crippen LogP contribution < -0.4 is 5.32 Å². The van der Waals surface area contributed by atoms with Gasteiger partial charge in [0.25, 0.3) is 5.91 Å². The van der Waals surface area contributed by atoms with Gasteiger partial charge in [0.15, 0.2) is 6.10 Å². The number of anilines is 1. The van der Waals surface area contributed by atoms with Crippen LogP contribution in [0.4, 0.5) is 5.69 Å². The first-order valence-corrected chi connectivity index (χ1v) is 10.4. The van der Waals surface area contributed by atoms with Crippen LogP contribution >= 0.6 is 0 Å². The van der Waals surface area contributed by atoms with Crippen molar-refractivity contribution in [1.82, 2.24) is 4.90 Å². The van der Waals surface area contributed by atoms with Gasteiger partial charge in [0.2, 0.25) is 5.91 Å². The van der Waals surface area contributed by atoms with Crippen LogP contribution in [-0.4, -0.2) is 35.3 Å². The zero-order chi connectivity index (χ0) is 21.8. The zero-order valence-electron chi connectivity index (χ0n) is 17.3. The van der Waals surface area contributed by atoms with Crippen molar-refractivity contribution in [2.24, 2.45) is 0 Å². The molecule has 3 aromatic rings. The molecule has 0 aliphatic carbocycles. The summed E-state index contributed by atoms with van der Waals surface area (Å²) < 4.78 is 5.37. The number of likely N-dealkylation sites (tertiary alicyclic amines) is 1. The smallest absolute Gasteiger partial charge is 0.338 e. The Labute approximate surface area is 180 Å². The largest absolute Gasteiger partial charge is 0.449 e. The third-order valence-corrected chi connectivity index (χ3v) is 5.38. The summed E-state index contributed by atoms with van der Waals surface area (Å²) in [6.07, 6.45) is 0.485. The molecule has 1 unspecified atom stereocenters. The molecular weight excluding hydrogens is 392 g/mol. The normalized spacial score (nSPS) is 14.5. The Morgan fingerprint density at radius 1 is 1.03 bits per heavy atom. The van der Waals surface area contributed by atoms with Crippen molar-refractivity contribution in [3.63, 3.8) is 0 Å². The van der Waals surface area contributed by atoms with Crippen molar-refractivity contribution in [2.45, 2.75) is 32.4 Å². The van der Waals surface area contributed by atoms with Crippen LogP contribution in [-0.2, 0) is 20.9 Å². The number of ether oxygens (including phenoxy) is 1. The molecule has 0 bridgehead atoms. The predicted molar refractivity (Wildman–Crippen MR) is 119 cm³/mol. The van der Waals surface area contributed by atoms with E-state index < -0.39 is 18.0 Å². The fraction of sp³-hybridized carbons (Fsp3) is 0.240. The molecule has 1 N–H and O–H groups in total. The number of nitrogens with one attached hydrogen (secondary N) is 1. The Kier molecular flexibility index (Phi) is 5.98. The van der Waals surface area contributed by atoms with E-state index in [1.54, 1.807) is 30.0 Å². The van der Waals surface area contributed by atoms with Crippen LogP contribution in [0.25, 0.3) is 10.8 Å². The van der Waals surface area contributed by atoms with Crippen molar-refractivity contribution in [3.8, 4) is 0 Å². The lowest BCUT2D eigenvalue weighted by Gasteiger charge is -2.17. The molecule has 0 spiro atoms. The second-order valence-corrected chi connectivity index (χ2v) is 7.72. The van der Waals surface area contributed by atoms with Gasteiger partial charge < -0.3 is 15.0 Å². The number of fused-ring (bicyclic) bond motifs is 1. The van der Waals surface area contributed by atoms with E-state index in [0.29, 0.717) is 24.2 Å². The highest BCUT2D eigenvalue weighted by atomic mass is 16.5. The molecule has 31 heavy (non-hydrogen) atoms. The number of carbonyl (C=O) groups is 3. The average Bonchev–Trinajstić information content (AvgIpc) is 3.18. The van der Waals surface area contributed by atoms with Crippen molar-refractivity contribution in [1.29, 1.82) is 0 Å². The number of benzene rings is 3.